The summed E-state index contributed by atoms with van der Waals surface area (Å²) in [5, 5.41) is 6.53. The normalized spacial score (nSPS) is 10.9. The summed E-state index contributed by atoms with van der Waals surface area (Å²) in [5.74, 6) is 0. The van der Waals surface area contributed by atoms with Crippen LogP contribution in [0, 0.1) is 0 Å². The van der Waals surface area contributed by atoms with Crippen LogP contribution in [0.15, 0.2) is 47.8 Å². The van der Waals surface area contributed by atoms with Gasteiger partial charge >= 0.3 is 0 Å². The predicted octanol–water partition coefficient (Wildman–Crippen LogP) is 3.68. The minimum atomic E-state index is 0.915. The number of benzene rings is 1. The molecule has 2 heterocycles. The average Bonchev–Trinajstić information content (AvgIpc) is 2.87. The first kappa shape index (κ1) is 11.4. The van der Waals surface area contributed by atoms with Crippen molar-refractivity contribution in [1.82, 2.24) is 10.3 Å². The maximum atomic E-state index is 4.71. The van der Waals surface area contributed by atoms with Gasteiger partial charge in [0.2, 0.25) is 0 Å². The molecular formula is C15H14N2S. The molecule has 1 aromatic carbocycles. The number of hydrogen-bond donors (Lipinski definition) is 1. The van der Waals surface area contributed by atoms with Gasteiger partial charge in [-0.25, -0.2) is 4.98 Å². The first-order valence-electron chi connectivity index (χ1n) is 5.95. The molecule has 3 rings (SSSR count). The quantitative estimate of drug-likeness (QED) is 0.771. The number of rotatable bonds is 3. The zero-order valence-electron chi connectivity index (χ0n) is 10.2. The Labute approximate surface area is 110 Å². The monoisotopic (exact) mass is 254 g/mol. The van der Waals surface area contributed by atoms with Crippen LogP contribution in [0.4, 0.5) is 0 Å². The standard InChI is InChI=1S/C15H14N2S/c1-16-9-13-8-12(10-18-13)15-7-6-11-4-2-3-5-14(11)17-15/h2-8,10,16H,9H2,1H3. The summed E-state index contributed by atoms with van der Waals surface area (Å²) in [4.78, 5) is 6.04. The zero-order chi connectivity index (χ0) is 12.4. The van der Waals surface area contributed by atoms with E-state index in [1.54, 1.807) is 11.3 Å². The van der Waals surface area contributed by atoms with E-state index < -0.39 is 0 Å². The Morgan fingerprint density at radius 1 is 1.17 bits per heavy atom. The van der Waals surface area contributed by atoms with Crippen LogP contribution in [0.2, 0.25) is 0 Å². The summed E-state index contributed by atoms with van der Waals surface area (Å²) in [6, 6.07) is 14.6. The number of hydrogen-bond acceptors (Lipinski definition) is 3. The minimum absolute atomic E-state index is 0.915. The van der Waals surface area contributed by atoms with Gasteiger partial charge in [-0.05, 0) is 25.2 Å². The summed E-state index contributed by atoms with van der Waals surface area (Å²) in [5.41, 5.74) is 3.31. The third-order valence-electron chi connectivity index (χ3n) is 2.90. The zero-order valence-corrected chi connectivity index (χ0v) is 11.0. The molecule has 3 heteroatoms. The molecule has 0 radical (unpaired) electrons. The van der Waals surface area contributed by atoms with Crippen LogP contribution in [0.25, 0.3) is 22.2 Å². The van der Waals surface area contributed by atoms with Gasteiger partial charge in [0.25, 0.3) is 0 Å². The molecule has 18 heavy (non-hydrogen) atoms. The van der Waals surface area contributed by atoms with E-state index in [1.807, 2.05) is 19.2 Å². The van der Waals surface area contributed by atoms with Crippen molar-refractivity contribution in [3.8, 4) is 11.3 Å². The van der Waals surface area contributed by atoms with Crippen LogP contribution in [0.1, 0.15) is 4.88 Å². The lowest BCUT2D eigenvalue weighted by Gasteiger charge is -2.00. The molecule has 0 aliphatic carbocycles. The van der Waals surface area contributed by atoms with Crippen molar-refractivity contribution in [2.75, 3.05) is 7.05 Å². The van der Waals surface area contributed by atoms with Crippen LogP contribution in [-0.2, 0) is 6.54 Å². The lowest BCUT2D eigenvalue weighted by atomic mass is 10.1. The largest absolute Gasteiger partial charge is 0.315 e. The maximum Gasteiger partial charge on any atom is 0.0718 e. The molecule has 90 valence electrons. The molecule has 0 spiro atoms. The second-order valence-corrected chi connectivity index (χ2v) is 5.22. The fourth-order valence-corrected chi connectivity index (χ4v) is 2.90. The highest BCUT2D eigenvalue weighted by atomic mass is 32.1. The Kier molecular flexibility index (Phi) is 3.09. The molecular weight excluding hydrogens is 240 g/mol. The van der Waals surface area contributed by atoms with Crippen LogP contribution in [0.5, 0.6) is 0 Å². The number of para-hydroxylation sites is 1. The van der Waals surface area contributed by atoms with E-state index >= 15 is 0 Å². The molecule has 0 unspecified atom stereocenters. The van der Waals surface area contributed by atoms with Crippen molar-refractivity contribution in [3.05, 3.63) is 52.7 Å². The van der Waals surface area contributed by atoms with Crippen molar-refractivity contribution in [2.45, 2.75) is 6.54 Å². The molecule has 3 aromatic rings. The molecule has 0 amide bonds. The Hall–Kier alpha value is -1.71. The average molecular weight is 254 g/mol. The first-order chi connectivity index (χ1) is 8.86. The van der Waals surface area contributed by atoms with Gasteiger partial charge in [0.05, 0.1) is 11.2 Å². The van der Waals surface area contributed by atoms with Crippen molar-refractivity contribution in [1.29, 1.82) is 0 Å². The second-order valence-electron chi connectivity index (χ2n) is 4.22. The Morgan fingerprint density at radius 2 is 2.06 bits per heavy atom. The first-order valence-corrected chi connectivity index (χ1v) is 6.83. The molecule has 0 aliphatic rings. The van der Waals surface area contributed by atoms with E-state index in [2.05, 4.69) is 41.0 Å². The lowest BCUT2D eigenvalue weighted by Crippen LogP contribution is -2.02. The van der Waals surface area contributed by atoms with E-state index in [0.29, 0.717) is 0 Å². The molecule has 0 fully saturated rings. The fourth-order valence-electron chi connectivity index (χ4n) is 2.01. The lowest BCUT2D eigenvalue weighted by molar-refractivity contribution is 0.831. The predicted molar refractivity (Wildman–Crippen MR) is 77.8 cm³/mol. The molecule has 0 saturated heterocycles. The molecule has 2 nitrogen and oxygen atoms in total. The van der Waals surface area contributed by atoms with Gasteiger partial charge in [0.15, 0.2) is 0 Å². The van der Waals surface area contributed by atoms with Crippen LogP contribution >= 0.6 is 11.3 Å². The molecule has 0 saturated carbocycles. The van der Waals surface area contributed by atoms with Gasteiger partial charge in [-0.15, -0.1) is 11.3 Å². The molecule has 2 aromatic heterocycles. The van der Waals surface area contributed by atoms with Crippen molar-refractivity contribution < 1.29 is 0 Å². The number of thiophene rings is 1. The molecule has 1 N–H and O–H groups in total. The van der Waals surface area contributed by atoms with Crippen molar-refractivity contribution in [3.63, 3.8) is 0 Å². The summed E-state index contributed by atoms with van der Waals surface area (Å²) < 4.78 is 0. The molecule has 0 atom stereocenters. The van der Waals surface area contributed by atoms with Crippen LogP contribution in [-0.4, -0.2) is 12.0 Å². The second kappa shape index (κ2) is 4.88. The number of aromatic nitrogens is 1. The van der Waals surface area contributed by atoms with Crippen molar-refractivity contribution >= 4 is 22.2 Å². The van der Waals surface area contributed by atoms with E-state index in [4.69, 9.17) is 4.98 Å². The van der Waals surface area contributed by atoms with E-state index in [1.165, 1.54) is 15.8 Å². The van der Waals surface area contributed by atoms with Crippen LogP contribution in [0.3, 0.4) is 0 Å². The van der Waals surface area contributed by atoms with E-state index in [0.717, 1.165) is 17.8 Å². The SMILES string of the molecule is CNCc1cc(-c2ccc3ccccc3n2)cs1. The number of fused-ring (bicyclic) bond motifs is 1. The summed E-state index contributed by atoms with van der Waals surface area (Å²) >= 11 is 1.77. The molecule has 0 aliphatic heterocycles. The summed E-state index contributed by atoms with van der Waals surface area (Å²) in [7, 11) is 1.97. The van der Waals surface area contributed by atoms with Crippen LogP contribution < -0.4 is 5.32 Å². The van der Waals surface area contributed by atoms with E-state index in [-0.39, 0.29) is 0 Å². The number of nitrogens with zero attached hydrogens (tertiary/aromatic N) is 1. The highest BCUT2D eigenvalue weighted by molar-refractivity contribution is 7.10. The third-order valence-corrected chi connectivity index (χ3v) is 3.84. The topological polar surface area (TPSA) is 24.9 Å². The summed E-state index contributed by atoms with van der Waals surface area (Å²) in [6.45, 7) is 0.915. The maximum absolute atomic E-state index is 4.71. The van der Waals surface area contributed by atoms with Gasteiger partial charge in [-0.2, -0.15) is 0 Å². The van der Waals surface area contributed by atoms with E-state index in [9.17, 15) is 0 Å². The highest BCUT2D eigenvalue weighted by Gasteiger charge is 2.04. The Balaban J connectivity index is 2.02. The van der Waals surface area contributed by atoms with Crippen molar-refractivity contribution in [2.24, 2.45) is 0 Å². The Bertz CT molecular complexity index is 673. The fraction of sp³-hybridized carbons (Fsp3) is 0.133. The number of pyridine rings is 1. The Morgan fingerprint density at radius 3 is 2.94 bits per heavy atom. The highest BCUT2D eigenvalue weighted by Crippen LogP contribution is 2.25. The smallest absolute Gasteiger partial charge is 0.0718 e. The minimum Gasteiger partial charge on any atom is -0.315 e. The van der Waals surface area contributed by atoms with Gasteiger partial charge < -0.3 is 5.32 Å². The third kappa shape index (κ3) is 2.15. The molecule has 0 bridgehead atoms. The van der Waals surface area contributed by atoms with Gasteiger partial charge in [0.1, 0.15) is 0 Å². The van der Waals surface area contributed by atoms with Gasteiger partial charge in [0, 0.05) is 27.8 Å². The van der Waals surface area contributed by atoms with Gasteiger partial charge in [-0.1, -0.05) is 24.3 Å². The number of nitrogens with one attached hydrogen (secondary N) is 1. The van der Waals surface area contributed by atoms with Gasteiger partial charge in [-0.3, -0.25) is 0 Å². The summed E-state index contributed by atoms with van der Waals surface area (Å²) in [6.07, 6.45) is 0.